The van der Waals surface area contributed by atoms with Gasteiger partial charge in [-0.05, 0) is 32.9 Å². The van der Waals surface area contributed by atoms with Crippen LogP contribution in [0.25, 0.3) is 0 Å². The van der Waals surface area contributed by atoms with Crippen molar-refractivity contribution in [3.8, 4) is 5.75 Å². The van der Waals surface area contributed by atoms with Crippen molar-refractivity contribution in [2.24, 2.45) is 0 Å². The predicted octanol–water partition coefficient (Wildman–Crippen LogP) is 2.60. The minimum Gasteiger partial charge on any atom is -0.429 e. The Bertz CT molecular complexity index is 933. The average molecular weight is 381 g/mol. The second-order valence-electron chi connectivity index (χ2n) is 6.59. The van der Waals surface area contributed by atoms with E-state index in [1.54, 1.807) is 0 Å². The van der Waals surface area contributed by atoms with Crippen LogP contribution in [0.2, 0.25) is 0 Å². The molecule has 0 atom stereocenters. The summed E-state index contributed by atoms with van der Waals surface area (Å²) >= 11 is 0. The maximum absolute atomic E-state index is 10.7. The molecule has 0 aliphatic carbocycles. The molecular formula is C25H20O2Si. The average Bonchev–Trinajstić information content (AvgIpc) is 2.78. The zero-order chi connectivity index (χ0) is 19.2. The van der Waals surface area contributed by atoms with Crippen molar-refractivity contribution in [3.63, 3.8) is 0 Å². The lowest BCUT2D eigenvalue weighted by molar-refractivity contribution is -0.120. The van der Waals surface area contributed by atoms with Crippen LogP contribution in [0.3, 0.4) is 0 Å². The lowest BCUT2D eigenvalue weighted by Gasteiger charge is -2.34. The Morgan fingerprint density at radius 2 is 0.857 bits per heavy atom. The molecule has 0 unspecified atom stereocenters. The summed E-state index contributed by atoms with van der Waals surface area (Å²) in [4.78, 5) is 10.7. The number of rotatable bonds is 6. The van der Waals surface area contributed by atoms with Crippen molar-refractivity contribution in [1.29, 1.82) is 0 Å². The van der Waals surface area contributed by atoms with Crippen LogP contribution in [0.15, 0.2) is 115 Å². The van der Waals surface area contributed by atoms with Gasteiger partial charge in [0.15, 0.2) is 8.07 Å². The van der Waals surface area contributed by atoms with Crippen LogP contribution in [0.4, 0.5) is 0 Å². The summed E-state index contributed by atoms with van der Waals surface area (Å²) in [5.41, 5.74) is 0. The fourth-order valence-electron chi connectivity index (χ4n) is 3.90. The number of hydrogen-bond donors (Lipinski definition) is 0. The molecule has 0 aliphatic heterocycles. The van der Waals surface area contributed by atoms with Crippen LogP contribution in [-0.4, -0.2) is 14.5 Å². The van der Waals surface area contributed by atoms with Gasteiger partial charge in [-0.2, -0.15) is 0 Å². The Hall–Kier alpha value is -3.43. The van der Waals surface area contributed by atoms with Crippen LogP contribution in [0.1, 0.15) is 0 Å². The molecule has 0 saturated heterocycles. The number of carbonyl (C=O) groups excluding carboxylic acids is 1. The number of carbonyl (C=O) groups is 1. The molecule has 0 heterocycles. The van der Waals surface area contributed by atoms with Crippen molar-refractivity contribution in [2.75, 3.05) is 0 Å². The zero-order valence-electron chi connectivity index (χ0n) is 15.4. The van der Waals surface area contributed by atoms with E-state index in [2.05, 4.69) is 103 Å². The summed E-state index contributed by atoms with van der Waals surface area (Å²) in [5.74, 6) is 0.552. The topological polar surface area (TPSA) is 26.3 Å². The fraction of sp³-hybridized carbons (Fsp3) is 0. The Balaban J connectivity index is 2.05. The van der Waals surface area contributed by atoms with E-state index in [9.17, 15) is 4.79 Å². The van der Waals surface area contributed by atoms with Gasteiger partial charge in [0.1, 0.15) is 5.75 Å². The molecule has 0 amide bonds. The highest BCUT2D eigenvalue weighted by Crippen LogP contribution is 2.13. The van der Waals surface area contributed by atoms with Gasteiger partial charge in [0.2, 0.25) is 0 Å². The molecule has 0 radical (unpaired) electrons. The quantitative estimate of drug-likeness (QED) is 0.292. The summed E-state index contributed by atoms with van der Waals surface area (Å²) in [7, 11) is -2.49. The Kier molecular flexibility index (Phi) is 5.17. The molecule has 0 spiro atoms. The van der Waals surface area contributed by atoms with Crippen molar-refractivity contribution in [3.05, 3.63) is 115 Å². The molecule has 4 aromatic rings. The summed E-state index contributed by atoms with van der Waals surface area (Å²) in [6, 6.07) is 40.1. The molecule has 0 aliphatic rings. The molecular weight excluding hydrogens is 360 g/mol. The second-order valence-corrected chi connectivity index (χ2v) is 10.4. The van der Waals surface area contributed by atoms with Gasteiger partial charge in [-0.3, -0.25) is 4.79 Å². The van der Waals surface area contributed by atoms with E-state index >= 15 is 0 Å². The largest absolute Gasteiger partial charge is 0.429 e. The molecule has 4 rings (SSSR count). The number of ether oxygens (including phenoxy) is 1. The summed E-state index contributed by atoms with van der Waals surface area (Å²) in [6.45, 7) is 0.464. The molecule has 136 valence electrons. The second kappa shape index (κ2) is 8.07. The maximum Gasteiger partial charge on any atom is 0.298 e. The predicted molar refractivity (Wildman–Crippen MR) is 117 cm³/mol. The monoisotopic (exact) mass is 380 g/mol. The standard InChI is InChI=1S/C25H20O2Si/c26-20-27-21-16-18-25(19-17-21)28(22-10-4-1-5-11-22,23-12-6-2-7-13-23)24-14-8-3-9-15-24/h1-20H. The van der Waals surface area contributed by atoms with E-state index in [-0.39, 0.29) is 0 Å². The first-order valence-electron chi connectivity index (χ1n) is 9.23. The van der Waals surface area contributed by atoms with Gasteiger partial charge in [-0.1, -0.05) is 103 Å². The zero-order valence-corrected chi connectivity index (χ0v) is 16.4. The van der Waals surface area contributed by atoms with Gasteiger partial charge in [-0.25, -0.2) is 0 Å². The third-order valence-corrected chi connectivity index (χ3v) is 9.89. The highest BCUT2D eigenvalue weighted by atomic mass is 28.3. The highest BCUT2D eigenvalue weighted by molar-refractivity contribution is 7.19. The third kappa shape index (κ3) is 3.17. The highest BCUT2D eigenvalue weighted by Gasteiger charge is 2.41. The van der Waals surface area contributed by atoms with E-state index in [4.69, 9.17) is 4.74 Å². The summed E-state index contributed by atoms with van der Waals surface area (Å²) in [5, 5.41) is 5.19. The summed E-state index contributed by atoms with van der Waals surface area (Å²) in [6.07, 6.45) is 0. The molecule has 4 aromatic carbocycles. The smallest absolute Gasteiger partial charge is 0.298 e. The van der Waals surface area contributed by atoms with E-state index in [0.29, 0.717) is 12.2 Å². The first-order chi connectivity index (χ1) is 13.9. The maximum atomic E-state index is 10.7. The van der Waals surface area contributed by atoms with Gasteiger partial charge in [-0.15, -0.1) is 0 Å². The minimum atomic E-state index is -2.49. The molecule has 28 heavy (non-hydrogen) atoms. The van der Waals surface area contributed by atoms with Crippen LogP contribution >= 0.6 is 0 Å². The molecule has 0 N–H and O–H groups in total. The SMILES string of the molecule is O=COc1ccc([Si](c2ccccc2)(c2ccccc2)c2ccccc2)cc1. The Morgan fingerprint density at radius 3 is 1.21 bits per heavy atom. The van der Waals surface area contributed by atoms with E-state index < -0.39 is 8.07 Å². The molecule has 2 nitrogen and oxygen atoms in total. The van der Waals surface area contributed by atoms with E-state index in [0.717, 1.165) is 0 Å². The molecule has 3 heteroatoms. The van der Waals surface area contributed by atoms with Crippen molar-refractivity contribution >= 4 is 35.3 Å². The minimum absolute atomic E-state index is 0.464. The molecule has 0 fully saturated rings. The molecule has 0 saturated carbocycles. The lowest BCUT2D eigenvalue weighted by atomic mass is 10.3. The van der Waals surface area contributed by atoms with Gasteiger partial charge < -0.3 is 4.74 Å². The van der Waals surface area contributed by atoms with Crippen LogP contribution in [0.5, 0.6) is 5.75 Å². The first kappa shape index (κ1) is 18.0. The Morgan fingerprint density at radius 1 is 0.500 bits per heavy atom. The third-order valence-electron chi connectivity index (χ3n) is 5.09. The van der Waals surface area contributed by atoms with Crippen molar-refractivity contribution < 1.29 is 9.53 Å². The molecule has 0 aromatic heterocycles. The van der Waals surface area contributed by atoms with Gasteiger partial charge >= 0.3 is 0 Å². The number of hydrogen-bond acceptors (Lipinski definition) is 2. The van der Waals surface area contributed by atoms with Crippen molar-refractivity contribution in [1.82, 2.24) is 0 Å². The molecule has 0 bridgehead atoms. The first-order valence-corrected chi connectivity index (χ1v) is 11.2. The van der Waals surface area contributed by atoms with Crippen LogP contribution < -0.4 is 25.5 Å². The normalized spacial score (nSPS) is 11.0. The van der Waals surface area contributed by atoms with E-state index in [1.807, 2.05) is 12.1 Å². The summed E-state index contributed by atoms with van der Waals surface area (Å²) < 4.78 is 5.03. The number of benzene rings is 4. The van der Waals surface area contributed by atoms with Gasteiger partial charge in [0.25, 0.3) is 6.47 Å². The fourth-order valence-corrected chi connectivity index (χ4v) is 8.65. The lowest BCUT2D eigenvalue weighted by Crippen LogP contribution is -2.74. The van der Waals surface area contributed by atoms with Crippen LogP contribution in [-0.2, 0) is 4.79 Å². The Labute approximate surface area is 166 Å². The van der Waals surface area contributed by atoms with Gasteiger partial charge in [0, 0.05) is 0 Å². The van der Waals surface area contributed by atoms with Gasteiger partial charge in [0.05, 0.1) is 0 Å². The van der Waals surface area contributed by atoms with Crippen LogP contribution in [0, 0.1) is 0 Å². The van der Waals surface area contributed by atoms with E-state index in [1.165, 1.54) is 20.7 Å². The van der Waals surface area contributed by atoms with Crippen molar-refractivity contribution in [2.45, 2.75) is 0 Å².